The average molecular weight is 389 g/mol. The summed E-state index contributed by atoms with van der Waals surface area (Å²) in [5, 5.41) is 18.1. The molecule has 2 aliphatic heterocycles. The van der Waals surface area contributed by atoms with Gasteiger partial charge in [-0.25, -0.2) is 0 Å². The summed E-state index contributed by atoms with van der Waals surface area (Å²) in [6.07, 6.45) is 1.28. The summed E-state index contributed by atoms with van der Waals surface area (Å²) >= 11 is 11.9. The SMILES string of the molecule is CC1(C)C[C@@]2(C[C@H](c3ccccc3Cl)Oc3cc(O)ccc32)NC(=S)N1. The molecule has 4 rings (SSSR count). The summed E-state index contributed by atoms with van der Waals surface area (Å²) in [6, 6.07) is 13.0. The molecule has 6 heteroatoms. The van der Waals surface area contributed by atoms with Gasteiger partial charge in [0.05, 0.1) is 5.54 Å². The molecule has 0 aliphatic carbocycles. The van der Waals surface area contributed by atoms with Crippen LogP contribution >= 0.6 is 23.8 Å². The van der Waals surface area contributed by atoms with Crippen molar-refractivity contribution in [2.24, 2.45) is 0 Å². The Morgan fingerprint density at radius 3 is 2.69 bits per heavy atom. The first-order valence-electron chi connectivity index (χ1n) is 8.63. The lowest BCUT2D eigenvalue weighted by molar-refractivity contribution is 0.0870. The van der Waals surface area contributed by atoms with Crippen molar-refractivity contribution in [3.8, 4) is 11.5 Å². The van der Waals surface area contributed by atoms with E-state index < -0.39 is 5.54 Å². The monoisotopic (exact) mass is 388 g/mol. The van der Waals surface area contributed by atoms with Crippen LogP contribution in [0, 0.1) is 0 Å². The lowest BCUT2D eigenvalue weighted by atomic mass is 9.72. The van der Waals surface area contributed by atoms with Crippen LogP contribution in [0.1, 0.15) is 43.9 Å². The van der Waals surface area contributed by atoms with Gasteiger partial charge in [0, 0.05) is 34.2 Å². The molecule has 0 bridgehead atoms. The van der Waals surface area contributed by atoms with Gasteiger partial charge in [-0.3, -0.25) is 0 Å². The van der Waals surface area contributed by atoms with Gasteiger partial charge in [-0.05, 0) is 50.7 Å². The maximum atomic E-state index is 9.98. The predicted octanol–water partition coefficient (Wildman–Crippen LogP) is 4.41. The first kappa shape index (κ1) is 17.4. The van der Waals surface area contributed by atoms with Gasteiger partial charge in [0.2, 0.25) is 0 Å². The highest BCUT2D eigenvalue weighted by atomic mass is 35.5. The number of rotatable bonds is 1. The maximum Gasteiger partial charge on any atom is 0.167 e. The van der Waals surface area contributed by atoms with E-state index in [0.717, 1.165) is 17.5 Å². The molecular formula is C20H21ClN2O2S. The first-order chi connectivity index (χ1) is 12.3. The number of aromatic hydroxyl groups is 1. The van der Waals surface area contributed by atoms with Gasteiger partial charge in [-0.1, -0.05) is 29.8 Å². The second-order valence-corrected chi connectivity index (χ2v) is 8.55. The summed E-state index contributed by atoms with van der Waals surface area (Å²) in [4.78, 5) is 0. The molecule has 2 aromatic rings. The van der Waals surface area contributed by atoms with E-state index in [0.29, 0.717) is 22.3 Å². The van der Waals surface area contributed by atoms with Crippen molar-refractivity contribution in [2.75, 3.05) is 0 Å². The molecule has 2 aliphatic rings. The van der Waals surface area contributed by atoms with E-state index in [9.17, 15) is 5.11 Å². The number of hydrogen-bond donors (Lipinski definition) is 3. The van der Waals surface area contributed by atoms with Crippen molar-refractivity contribution in [1.82, 2.24) is 10.6 Å². The Hall–Kier alpha value is -1.98. The van der Waals surface area contributed by atoms with Crippen LogP contribution < -0.4 is 15.4 Å². The summed E-state index contributed by atoms with van der Waals surface area (Å²) in [6.45, 7) is 4.28. The van der Waals surface area contributed by atoms with Gasteiger partial charge in [0.25, 0.3) is 0 Å². The molecule has 0 aromatic heterocycles. The molecule has 0 amide bonds. The number of nitrogens with one attached hydrogen (secondary N) is 2. The molecule has 2 aromatic carbocycles. The number of fused-ring (bicyclic) bond motifs is 2. The minimum absolute atomic E-state index is 0.167. The number of thiocarbonyl (C=S) groups is 1. The van der Waals surface area contributed by atoms with Gasteiger partial charge in [0.15, 0.2) is 5.11 Å². The van der Waals surface area contributed by atoms with E-state index in [2.05, 4.69) is 24.5 Å². The van der Waals surface area contributed by atoms with Crippen molar-refractivity contribution < 1.29 is 9.84 Å². The number of hydrogen-bond acceptors (Lipinski definition) is 3. The fourth-order valence-electron chi connectivity index (χ4n) is 4.22. The van der Waals surface area contributed by atoms with Gasteiger partial charge in [0.1, 0.15) is 17.6 Å². The fraction of sp³-hybridized carbons (Fsp3) is 0.350. The Bertz CT molecular complexity index is 886. The number of halogens is 1. The minimum Gasteiger partial charge on any atom is -0.508 e. The van der Waals surface area contributed by atoms with E-state index in [1.165, 1.54) is 0 Å². The maximum absolute atomic E-state index is 9.98. The first-order valence-corrected chi connectivity index (χ1v) is 9.42. The van der Waals surface area contributed by atoms with Crippen molar-refractivity contribution in [3.63, 3.8) is 0 Å². The third-order valence-corrected chi connectivity index (χ3v) is 5.63. The topological polar surface area (TPSA) is 53.5 Å². The molecule has 2 atom stereocenters. The van der Waals surface area contributed by atoms with Crippen LogP contribution in [-0.2, 0) is 5.54 Å². The summed E-state index contributed by atoms with van der Waals surface area (Å²) in [7, 11) is 0. The molecule has 136 valence electrons. The second-order valence-electron chi connectivity index (χ2n) is 7.73. The van der Waals surface area contributed by atoms with Crippen LogP contribution in [0.2, 0.25) is 5.02 Å². The Kier molecular flexibility index (Phi) is 4.04. The van der Waals surface area contributed by atoms with Crippen LogP contribution in [0.5, 0.6) is 11.5 Å². The van der Waals surface area contributed by atoms with E-state index in [1.807, 2.05) is 30.3 Å². The lowest BCUT2D eigenvalue weighted by Crippen LogP contribution is -2.65. The van der Waals surface area contributed by atoms with Crippen molar-refractivity contribution >= 4 is 28.9 Å². The molecule has 1 saturated heterocycles. The molecule has 0 unspecified atom stereocenters. The zero-order valence-electron chi connectivity index (χ0n) is 14.7. The van der Waals surface area contributed by atoms with Crippen LogP contribution in [0.15, 0.2) is 42.5 Å². The zero-order valence-corrected chi connectivity index (χ0v) is 16.2. The van der Waals surface area contributed by atoms with Crippen LogP contribution in [0.3, 0.4) is 0 Å². The van der Waals surface area contributed by atoms with E-state index >= 15 is 0 Å². The Balaban J connectivity index is 1.85. The fourth-order valence-corrected chi connectivity index (χ4v) is 4.95. The van der Waals surface area contributed by atoms with Crippen LogP contribution in [0.25, 0.3) is 0 Å². The van der Waals surface area contributed by atoms with Crippen LogP contribution in [-0.4, -0.2) is 15.8 Å². The van der Waals surface area contributed by atoms with Crippen molar-refractivity contribution in [3.05, 3.63) is 58.6 Å². The highest BCUT2D eigenvalue weighted by molar-refractivity contribution is 7.80. The quantitative estimate of drug-likeness (QED) is 0.632. The molecular weight excluding hydrogens is 368 g/mol. The van der Waals surface area contributed by atoms with Crippen molar-refractivity contribution in [2.45, 2.75) is 43.9 Å². The molecule has 0 radical (unpaired) electrons. The molecule has 3 N–H and O–H groups in total. The normalized spacial score (nSPS) is 26.4. The highest BCUT2D eigenvalue weighted by Crippen LogP contribution is 2.50. The molecule has 4 nitrogen and oxygen atoms in total. The number of benzene rings is 2. The molecule has 1 fully saturated rings. The number of phenols is 1. The van der Waals surface area contributed by atoms with Gasteiger partial charge in [-0.15, -0.1) is 0 Å². The molecule has 1 spiro atoms. The summed E-state index contributed by atoms with van der Waals surface area (Å²) in [5.41, 5.74) is 1.39. The average Bonchev–Trinajstić information content (AvgIpc) is 2.52. The van der Waals surface area contributed by atoms with Gasteiger partial charge >= 0.3 is 0 Å². The largest absolute Gasteiger partial charge is 0.508 e. The number of ether oxygens (including phenoxy) is 1. The molecule has 26 heavy (non-hydrogen) atoms. The summed E-state index contributed by atoms with van der Waals surface area (Å²) < 4.78 is 6.26. The third-order valence-electron chi connectivity index (χ3n) is 5.08. The molecule has 0 saturated carbocycles. The number of phenolic OH excluding ortho intramolecular Hbond substituents is 1. The lowest BCUT2D eigenvalue weighted by Gasteiger charge is -2.51. The minimum atomic E-state index is -0.392. The molecule has 2 heterocycles. The van der Waals surface area contributed by atoms with Crippen LogP contribution in [0.4, 0.5) is 0 Å². The third kappa shape index (κ3) is 2.99. The standard InChI is InChI=1S/C20H21ClN2O2S/c1-19(2)11-20(23-18(26)22-19)10-17(13-5-3-4-6-15(13)21)25-16-9-12(24)7-8-14(16)20/h3-9,17,24H,10-11H2,1-2H3,(H2,22,23,26)/t17-,20-/m1/s1. The smallest absolute Gasteiger partial charge is 0.167 e. The van der Waals surface area contributed by atoms with Crippen molar-refractivity contribution in [1.29, 1.82) is 0 Å². The van der Waals surface area contributed by atoms with E-state index in [4.69, 9.17) is 28.6 Å². The Morgan fingerprint density at radius 2 is 1.96 bits per heavy atom. The Labute approximate surface area is 163 Å². The highest BCUT2D eigenvalue weighted by Gasteiger charge is 2.49. The Morgan fingerprint density at radius 1 is 1.19 bits per heavy atom. The van der Waals surface area contributed by atoms with Gasteiger partial charge < -0.3 is 20.5 Å². The zero-order chi connectivity index (χ0) is 18.5. The van der Waals surface area contributed by atoms with E-state index in [-0.39, 0.29) is 17.4 Å². The van der Waals surface area contributed by atoms with Gasteiger partial charge in [-0.2, -0.15) is 0 Å². The second kappa shape index (κ2) is 6.03. The predicted molar refractivity (Wildman–Crippen MR) is 107 cm³/mol. The summed E-state index contributed by atoms with van der Waals surface area (Å²) in [5.74, 6) is 0.837. The van der Waals surface area contributed by atoms with E-state index in [1.54, 1.807) is 12.1 Å².